The maximum Gasteiger partial charge on any atom is 0.279 e. The summed E-state index contributed by atoms with van der Waals surface area (Å²) in [6.07, 6.45) is -0.505. The second-order valence-corrected chi connectivity index (χ2v) is 4.77. The molecule has 0 aliphatic carbocycles. The number of hydrazine groups is 1. The second-order valence-electron chi connectivity index (χ2n) is 4.77. The lowest BCUT2D eigenvalue weighted by Crippen LogP contribution is -2.47. The fourth-order valence-electron chi connectivity index (χ4n) is 1.82. The molecule has 1 unspecified atom stereocenters. The molecular weight excluding hydrogens is 280 g/mol. The number of hydrogen-bond acceptors (Lipinski definition) is 3. The van der Waals surface area contributed by atoms with Gasteiger partial charge in [-0.3, -0.25) is 20.4 Å². The van der Waals surface area contributed by atoms with Crippen LogP contribution in [-0.2, 0) is 16.0 Å². The van der Waals surface area contributed by atoms with E-state index in [0.717, 1.165) is 5.56 Å². The van der Waals surface area contributed by atoms with Gasteiger partial charge in [0.15, 0.2) is 6.10 Å². The van der Waals surface area contributed by atoms with Gasteiger partial charge in [0.05, 0.1) is 6.42 Å². The summed E-state index contributed by atoms with van der Waals surface area (Å²) >= 11 is 0. The number of benzene rings is 2. The Labute approximate surface area is 129 Å². The van der Waals surface area contributed by atoms with Gasteiger partial charge in [-0.25, -0.2) is 0 Å². The molecule has 2 rings (SSSR count). The number of carbonyl (C=O) groups is 2. The zero-order chi connectivity index (χ0) is 15.8. The molecule has 0 spiro atoms. The summed E-state index contributed by atoms with van der Waals surface area (Å²) in [7, 11) is 0. The van der Waals surface area contributed by atoms with E-state index in [1.165, 1.54) is 0 Å². The molecule has 1 atom stereocenters. The Morgan fingerprint density at radius 2 is 1.55 bits per heavy atom. The van der Waals surface area contributed by atoms with Crippen LogP contribution in [0.25, 0.3) is 0 Å². The van der Waals surface area contributed by atoms with Gasteiger partial charge in [-0.15, -0.1) is 0 Å². The van der Waals surface area contributed by atoms with Crippen LogP contribution in [0.1, 0.15) is 12.5 Å². The van der Waals surface area contributed by atoms with Crippen LogP contribution in [0, 0.1) is 0 Å². The molecule has 0 saturated heterocycles. The van der Waals surface area contributed by atoms with Gasteiger partial charge in [0.25, 0.3) is 5.91 Å². The van der Waals surface area contributed by atoms with Crippen molar-refractivity contribution in [1.82, 2.24) is 10.9 Å². The SMILES string of the molecule is CC(Oc1ccccc1)C(=O)NNC(=O)Cc1ccccc1. The summed E-state index contributed by atoms with van der Waals surface area (Å²) in [5, 5.41) is 0. The van der Waals surface area contributed by atoms with Crippen molar-refractivity contribution in [3.8, 4) is 5.75 Å². The zero-order valence-electron chi connectivity index (χ0n) is 12.3. The first-order chi connectivity index (χ1) is 10.6. The van der Waals surface area contributed by atoms with Crippen molar-refractivity contribution in [2.75, 3.05) is 0 Å². The number of amides is 2. The molecule has 0 aliphatic rings. The topological polar surface area (TPSA) is 67.4 Å². The van der Waals surface area contributed by atoms with Crippen molar-refractivity contribution in [1.29, 1.82) is 0 Å². The molecule has 0 fully saturated rings. The van der Waals surface area contributed by atoms with Crippen molar-refractivity contribution >= 4 is 11.8 Å². The zero-order valence-corrected chi connectivity index (χ0v) is 12.3. The van der Waals surface area contributed by atoms with Gasteiger partial charge in [0, 0.05) is 0 Å². The van der Waals surface area contributed by atoms with Crippen molar-refractivity contribution in [2.45, 2.75) is 19.4 Å². The molecule has 114 valence electrons. The second kappa shape index (κ2) is 7.83. The van der Waals surface area contributed by atoms with Crippen LogP contribution in [0.4, 0.5) is 0 Å². The van der Waals surface area contributed by atoms with E-state index in [9.17, 15) is 9.59 Å². The van der Waals surface area contributed by atoms with E-state index in [2.05, 4.69) is 10.9 Å². The summed E-state index contributed by atoms with van der Waals surface area (Å²) < 4.78 is 5.46. The highest BCUT2D eigenvalue weighted by atomic mass is 16.5. The summed E-state index contributed by atoms with van der Waals surface area (Å²) in [6.45, 7) is 1.62. The maximum atomic E-state index is 11.9. The molecular formula is C17H18N2O3. The van der Waals surface area contributed by atoms with Crippen LogP contribution < -0.4 is 15.6 Å². The minimum atomic E-state index is -0.709. The van der Waals surface area contributed by atoms with Gasteiger partial charge >= 0.3 is 0 Å². The Balaban J connectivity index is 1.76. The van der Waals surface area contributed by atoms with E-state index in [-0.39, 0.29) is 12.3 Å². The molecule has 0 saturated carbocycles. The number of para-hydroxylation sites is 1. The van der Waals surface area contributed by atoms with Crippen LogP contribution >= 0.6 is 0 Å². The summed E-state index contributed by atoms with van der Waals surface area (Å²) in [5.41, 5.74) is 5.62. The van der Waals surface area contributed by atoms with Crippen LogP contribution in [-0.4, -0.2) is 17.9 Å². The molecule has 2 N–H and O–H groups in total. The molecule has 0 aromatic heterocycles. The van der Waals surface area contributed by atoms with E-state index in [1.807, 2.05) is 48.5 Å². The maximum absolute atomic E-state index is 11.9. The summed E-state index contributed by atoms with van der Waals surface area (Å²) in [4.78, 5) is 23.6. The van der Waals surface area contributed by atoms with Gasteiger partial charge in [-0.05, 0) is 24.6 Å². The molecule has 0 radical (unpaired) electrons. The quantitative estimate of drug-likeness (QED) is 0.828. The van der Waals surface area contributed by atoms with E-state index in [1.54, 1.807) is 19.1 Å². The Bertz CT molecular complexity index is 614. The normalized spacial score (nSPS) is 11.3. The Morgan fingerprint density at radius 1 is 0.955 bits per heavy atom. The Hall–Kier alpha value is -2.82. The largest absolute Gasteiger partial charge is 0.481 e. The number of rotatable bonds is 5. The average molecular weight is 298 g/mol. The predicted molar refractivity (Wildman–Crippen MR) is 83.0 cm³/mol. The van der Waals surface area contributed by atoms with Crippen molar-refractivity contribution < 1.29 is 14.3 Å². The van der Waals surface area contributed by atoms with Gasteiger partial charge in [0.2, 0.25) is 5.91 Å². The summed E-state index contributed by atoms with van der Waals surface area (Å²) in [5.74, 6) is -0.0995. The monoisotopic (exact) mass is 298 g/mol. The molecule has 0 bridgehead atoms. The van der Waals surface area contributed by atoms with Gasteiger partial charge in [-0.2, -0.15) is 0 Å². The molecule has 0 aliphatic heterocycles. The molecule has 5 heteroatoms. The first-order valence-corrected chi connectivity index (χ1v) is 6.99. The predicted octanol–water partition coefficient (Wildman–Crippen LogP) is 1.84. The number of hydrogen-bond donors (Lipinski definition) is 2. The molecule has 2 aromatic carbocycles. The third-order valence-corrected chi connectivity index (χ3v) is 2.96. The number of carbonyl (C=O) groups excluding carboxylic acids is 2. The highest BCUT2D eigenvalue weighted by molar-refractivity contribution is 5.85. The van der Waals surface area contributed by atoms with Gasteiger partial charge in [-0.1, -0.05) is 48.5 Å². The Morgan fingerprint density at radius 3 is 2.18 bits per heavy atom. The molecule has 2 amide bonds. The first kappa shape index (κ1) is 15.6. The molecule has 5 nitrogen and oxygen atoms in total. The van der Waals surface area contributed by atoms with E-state index >= 15 is 0 Å². The van der Waals surface area contributed by atoms with Crippen LogP contribution in [0.15, 0.2) is 60.7 Å². The van der Waals surface area contributed by atoms with E-state index in [0.29, 0.717) is 5.75 Å². The molecule has 22 heavy (non-hydrogen) atoms. The third kappa shape index (κ3) is 4.94. The lowest BCUT2D eigenvalue weighted by atomic mass is 10.1. The highest BCUT2D eigenvalue weighted by Gasteiger charge is 2.15. The fraction of sp³-hybridized carbons (Fsp3) is 0.176. The number of ether oxygens (including phenoxy) is 1. The molecule has 2 aromatic rings. The van der Waals surface area contributed by atoms with Gasteiger partial charge in [0.1, 0.15) is 5.75 Å². The van der Waals surface area contributed by atoms with Gasteiger partial charge < -0.3 is 4.74 Å². The van der Waals surface area contributed by atoms with Crippen molar-refractivity contribution in [3.63, 3.8) is 0 Å². The van der Waals surface area contributed by atoms with Crippen molar-refractivity contribution in [3.05, 3.63) is 66.2 Å². The van der Waals surface area contributed by atoms with Crippen molar-refractivity contribution in [2.24, 2.45) is 0 Å². The number of nitrogens with one attached hydrogen (secondary N) is 2. The fourth-order valence-corrected chi connectivity index (χ4v) is 1.82. The summed E-state index contributed by atoms with van der Waals surface area (Å²) in [6, 6.07) is 18.3. The molecule has 0 heterocycles. The Kier molecular flexibility index (Phi) is 5.54. The lowest BCUT2D eigenvalue weighted by Gasteiger charge is -2.15. The smallest absolute Gasteiger partial charge is 0.279 e. The van der Waals surface area contributed by atoms with Crippen LogP contribution in [0.2, 0.25) is 0 Å². The minimum absolute atomic E-state index is 0.203. The standard InChI is InChI=1S/C17H18N2O3/c1-13(22-15-10-6-3-7-11-15)17(21)19-18-16(20)12-14-8-4-2-5-9-14/h2-11,13H,12H2,1H3,(H,18,20)(H,19,21). The van der Waals surface area contributed by atoms with E-state index in [4.69, 9.17) is 4.74 Å². The van der Waals surface area contributed by atoms with Crippen LogP contribution in [0.3, 0.4) is 0 Å². The lowest BCUT2D eigenvalue weighted by molar-refractivity contribution is -0.132. The minimum Gasteiger partial charge on any atom is -0.481 e. The van der Waals surface area contributed by atoms with Crippen LogP contribution in [0.5, 0.6) is 5.75 Å². The highest BCUT2D eigenvalue weighted by Crippen LogP contribution is 2.10. The first-order valence-electron chi connectivity index (χ1n) is 6.99. The third-order valence-electron chi connectivity index (χ3n) is 2.96. The van der Waals surface area contributed by atoms with E-state index < -0.39 is 12.0 Å². The average Bonchev–Trinajstić information content (AvgIpc) is 2.54.